The molecule has 7 nitrogen and oxygen atoms in total. The molecule has 0 radical (unpaired) electrons. The maximum absolute atomic E-state index is 12.0. The molecule has 1 rings (SSSR count). The molecule has 18 heavy (non-hydrogen) atoms. The van der Waals surface area contributed by atoms with Crippen molar-refractivity contribution in [2.45, 2.75) is 45.2 Å². The third kappa shape index (κ3) is 2.86. The van der Waals surface area contributed by atoms with Gasteiger partial charge in [0.15, 0.2) is 0 Å². The Morgan fingerprint density at radius 3 is 2.22 bits per heavy atom. The van der Waals surface area contributed by atoms with Crippen molar-refractivity contribution in [1.29, 1.82) is 0 Å². The summed E-state index contributed by atoms with van der Waals surface area (Å²) in [4.78, 5) is 23.9. The second kappa shape index (κ2) is 4.27. The van der Waals surface area contributed by atoms with E-state index in [0.29, 0.717) is 6.42 Å². The molecule has 0 spiro atoms. The largest absolute Gasteiger partial charge is 0.340 e. The lowest BCUT2D eigenvalue weighted by Gasteiger charge is -2.17. The van der Waals surface area contributed by atoms with E-state index in [-0.39, 0.29) is 0 Å². The van der Waals surface area contributed by atoms with E-state index < -0.39 is 38.9 Å². The smallest absolute Gasteiger partial charge is 0.283 e. The van der Waals surface area contributed by atoms with Crippen LogP contribution in [0.4, 0.5) is 0 Å². The normalized spacial score (nSPS) is 26.1. The molecule has 1 aliphatic rings. The fourth-order valence-electron chi connectivity index (χ4n) is 2.45. The third-order valence-corrected chi connectivity index (χ3v) is 3.88. The first-order valence-corrected chi connectivity index (χ1v) is 7.19. The zero-order chi connectivity index (χ0) is 14.4. The zero-order valence-corrected chi connectivity index (χ0v) is 11.7. The van der Waals surface area contributed by atoms with Crippen LogP contribution < -0.4 is 5.32 Å². The van der Waals surface area contributed by atoms with E-state index >= 15 is 0 Å². The van der Waals surface area contributed by atoms with Gasteiger partial charge in [0.25, 0.3) is 10.1 Å². The number of amides is 1. The summed E-state index contributed by atoms with van der Waals surface area (Å²) in [5, 5.41) is 2.14. The number of nitrogens with zero attached hydrogens (tertiary/aromatic N) is 1. The molecule has 1 saturated heterocycles. The Labute approximate surface area is 106 Å². The van der Waals surface area contributed by atoms with Crippen molar-refractivity contribution < 1.29 is 22.5 Å². The Bertz CT molecular complexity index is 480. The van der Waals surface area contributed by atoms with Crippen LogP contribution >= 0.6 is 0 Å². The molecule has 0 aliphatic carbocycles. The predicted molar refractivity (Wildman–Crippen MR) is 64.5 cm³/mol. The van der Waals surface area contributed by atoms with E-state index in [1.807, 2.05) is 0 Å². The minimum Gasteiger partial charge on any atom is -0.340 e. The standard InChI is InChI=1S/C10H18N2O5S/c1-9(2)5-7(10(3,4)12(9)14)8(13)11-6-18(15,16)17/h7H,5-6H2,1-4H3,(H-,11,13,15,16,17)/p+1/t7-/m1/s1. The van der Waals surface area contributed by atoms with Crippen LogP contribution in [0.25, 0.3) is 0 Å². The van der Waals surface area contributed by atoms with Crippen molar-refractivity contribution in [3.05, 3.63) is 4.91 Å². The molecule has 0 saturated carbocycles. The van der Waals surface area contributed by atoms with E-state index in [2.05, 4.69) is 5.32 Å². The molecule has 2 N–H and O–H groups in total. The molecule has 1 atom stereocenters. The van der Waals surface area contributed by atoms with Crippen LogP contribution in [0.5, 0.6) is 0 Å². The Hall–Kier alpha value is -1.02. The van der Waals surface area contributed by atoms with E-state index in [4.69, 9.17) is 4.55 Å². The average Bonchev–Trinajstić information content (AvgIpc) is 2.34. The molecule has 1 aliphatic heterocycles. The van der Waals surface area contributed by atoms with Crippen molar-refractivity contribution in [3.63, 3.8) is 0 Å². The maximum atomic E-state index is 12.0. The van der Waals surface area contributed by atoms with Gasteiger partial charge in [-0.1, -0.05) is 0 Å². The van der Waals surface area contributed by atoms with E-state index in [1.165, 1.54) is 0 Å². The maximum Gasteiger partial charge on any atom is 0.283 e. The van der Waals surface area contributed by atoms with Gasteiger partial charge in [0.2, 0.25) is 17.0 Å². The van der Waals surface area contributed by atoms with E-state index in [1.54, 1.807) is 27.7 Å². The number of carbonyl (C=O) groups is 1. The number of nitrogens with one attached hydrogen (secondary N) is 1. The molecular weight excluding hydrogens is 260 g/mol. The topological polar surface area (TPSA) is 104 Å². The summed E-state index contributed by atoms with van der Waals surface area (Å²) in [7, 11) is -4.25. The van der Waals surface area contributed by atoms with Gasteiger partial charge in [0.05, 0.1) is 0 Å². The molecule has 104 valence electrons. The lowest BCUT2D eigenvalue weighted by Crippen LogP contribution is -2.45. The fraction of sp³-hybridized carbons (Fsp3) is 0.900. The van der Waals surface area contributed by atoms with Crippen LogP contribution in [-0.2, 0) is 14.9 Å². The zero-order valence-electron chi connectivity index (χ0n) is 10.9. The number of rotatable bonds is 3. The van der Waals surface area contributed by atoms with Crippen LogP contribution in [0, 0.1) is 10.8 Å². The first-order chi connectivity index (χ1) is 7.88. The van der Waals surface area contributed by atoms with Gasteiger partial charge in [0, 0.05) is 43.8 Å². The summed E-state index contributed by atoms with van der Waals surface area (Å²) in [5.41, 5.74) is -1.59. The van der Waals surface area contributed by atoms with E-state index in [9.17, 15) is 18.1 Å². The highest BCUT2D eigenvalue weighted by Gasteiger charge is 2.63. The monoisotopic (exact) mass is 279 g/mol. The summed E-state index contributed by atoms with van der Waals surface area (Å²) in [6.45, 7) is 6.76. The first kappa shape index (κ1) is 15.0. The summed E-state index contributed by atoms with van der Waals surface area (Å²) >= 11 is 0. The number of hydrogen-bond donors (Lipinski definition) is 2. The summed E-state index contributed by atoms with van der Waals surface area (Å²) < 4.78 is 30.6. The highest BCUT2D eigenvalue weighted by molar-refractivity contribution is 7.85. The fourth-order valence-corrected chi connectivity index (χ4v) is 2.78. The Morgan fingerprint density at radius 1 is 1.39 bits per heavy atom. The lowest BCUT2D eigenvalue weighted by molar-refractivity contribution is -0.660. The van der Waals surface area contributed by atoms with Gasteiger partial charge >= 0.3 is 0 Å². The molecule has 0 aromatic carbocycles. The van der Waals surface area contributed by atoms with Crippen LogP contribution in [0.1, 0.15) is 34.1 Å². The van der Waals surface area contributed by atoms with Gasteiger partial charge in [-0.3, -0.25) is 9.35 Å². The highest BCUT2D eigenvalue weighted by Crippen LogP contribution is 2.41. The van der Waals surface area contributed by atoms with Crippen molar-refractivity contribution in [2.24, 2.45) is 5.92 Å². The van der Waals surface area contributed by atoms with Gasteiger partial charge in [0.1, 0.15) is 11.8 Å². The summed E-state index contributed by atoms with van der Waals surface area (Å²) in [6, 6.07) is 0. The quantitative estimate of drug-likeness (QED) is 0.571. The molecule has 0 aromatic heterocycles. The number of nitroso groups, excluding NO2 is 1. The molecule has 0 bridgehead atoms. The predicted octanol–water partition coefficient (Wildman–Crippen LogP) is 0.304. The van der Waals surface area contributed by atoms with Crippen LogP contribution in [0.2, 0.25) is 0 Å². The van der Waals surface area contributed by atoms with Gasteiger partial charge in [-0.05, 0) is 0 Å². The highest BCUT2D eigenvalue weighted by atomic mass is 32.2. The molecule has 1 amide bonds. The lowest BCUT2D eigenvalue weighted by atomic mass is 9.86. The van der Waals surface area contributed by atoms with E-state index in [0.717, 1.165) is 4.76 Å². The Morgan fingerprint density at radius 2 is 1.89 bits per heavy atom. The SMILES string of the molecule is CC1(C)C[C@H](C(=O)NCS(=O)(=O)O)C(C)(C)[N+]1=O. The summed E-state index contributed by atoms with van der Waals surface area (Å²) in [5.74, 6) is -1.99. The van der Waals surface area contributed by atoms with Gasteiger partial charge in [-0.15, -0.1) is 0 Å². The van der Waals surface area contributed by atoms with Gasteiger partial charge < -0.3 is 5.32 Å². The molecule has 1 heterocycles. The van der Waals surface area contributed by atoms with Crippen LogP contribution in [-0.4, -0.2) is 40.6 Å². The van der Waals surface area contributed by atoms with Crippen LogP contribution in [0.15, 0.2) is 0 Å². The van der Waals surface area contributed by atoms with Crippen molar-refractivity contribution in [3.8, 4) is 0 Å². The minimum absolute atomic E-state index is 0.334. The second-order valence-corrected chi connectivity index (χ2v) is 7.24. The third-order valence-electron chi connectivity index (χ3n) is 3.37. The van der Waals surface area contributed by atoms with Crippen LogP contribution in [0.3, 0.4) is 0 Å². The number of carbonyl (C=O) groups excluding carboxylic acids is 1. The molecule has 1 fully saturated rings. The summed E-state index contributed by atoms with van der Waals surface area (Å²) in [6.07, 6.45) is 0.334. The molecule has 0 unspecified atom stereocenters. The Kier molecular flexibility index (Phi) is 3.57. The Balaban J connectivity index is 2.85. The van der Waals surface area contributed by atoms with Crippen molar-refractivity contribution >= 4 is 16.0 Å². The second-order valence-electron chi connectivity index (χ2n) is 5.78. The average molecular weight is 279 g/mol. The molecular formula is C10H19N2O5S+. The van der Waals surface area contributed by atoms with Gasteiger partial charge in [-0.2, -0.15) is 8.42 Å². The minimum atomic E-state index is -4.25. The first-order valence-electron chi connectivity index (χ1n) is 5.58. The molecule has 0 aromatic rings. The molecule has 8 heteroatoms. The number of hydrogen-bond acceptors (Lipinski definition) is 4. The van der Waals surface area contributed by atoms with Crippen molar-refractivity contribution in [2.75, 3.05) is 5.88 Å². The van der Waals surface area contributed by atoms with Crippen molar-refractivity contribution in [1.82, 2.24) is 5.32 Å². The van der Waals surface area contributed by atoms with Gasteiger partial charge in [-0.25, -0.2) is 0 Å².